The molecular weight excluding hydrogens is 288 g/mol. The highest BCUT2D eigenvalue weighted by Gasteiger charge is 2.16. The summed E-state index contributed by atoms with van der Waals surface area (Å²) < 4.78 is 12.4. The Hall–Kier alpha value is -2.83. The normalized spacial score (nSPS) is 10.4. The van der Waals surface area contributed by atoms with Gasteiger partial charge in [-0.2, -0.15) is 0 Å². The first-order chi connectivity index (χ1) is 10.3. The van der Waals surface area contributed by atoms with Crippen molar-refractivity contribution in [2.24, 2.45) is 14.1 Å². The van der Waals surface area contributed by atoms with Gasteiger partial charge in [-0.3, -0.25) is 13.9 Å². The van der Waals surface area contributed by atoms with E-state index in [9.17, 15) is 14.4 Å². The molecule has 0 atom stereocenters. The van der Waals surface area contributed by atoms with Crippen molar-refractivity contribution in [2.75, 3.05) is 7.11 Å². The zero-order valence-corrected chi connectivity index (χ0v) is 12.7. The number of carbonyl (C=O) groups is 1. The number of hydrogen-bond acceptors (Lipinski definition) is 5. The lowest BCUT2D eigenvalue weighted by Gasteiger charge is -2.13. The highest BCUT2D eigenvalue weighted by atomic mass is 16.5. The number of aryl methyl sites for hydroxylation is 1. The third kappa shape index (κ3) is 2.78. The molecule has 0 saturated carbocycles. The molecule has 0 aliphatic carbocycles. The monoisotopic (exact) mass is 304 g/mol. The smallest absolute Gasteiger partial charge is 0.341 e. The highest BCUT2D eigenvalue weighted by Crippen LogP contribution is 2.25. The minimum Gasteiger partial charge on any atom is -0.465 e. The van der Waals surface area contributed by atoms with Gasteiger partial charge in [0.2, 0.25) is 5.88 Å². The van der Waals surface area contributed by atoms with Crippen LogP contribution < -0.4 is 16.0 Å². The summed E-state index contributed by atoms with van der Waals surface area (Å²) in [5.74, 6) is -0.310. The lowest BCUT2D eigenvalue weighted by Crippen LogP contribution is -2.36. The van der Waals surface area contributed by atoms with Gasteiger partial charge in [0.25, 0.3) is 5.56 Å². The molecule has 2 rings (SSSR count). The van der Waals surface area contributed by atoms with Crippen molar-refractivity contribution in [1.29, 1.82) is 0 Å². The van der Waals surface area contributed by atoms with E-state index in [0.717, 1.165) is 10.1 Å². The standard InChI is InChI=1S/C15H16N2O5/c1-9-5-6-11(10(7-9)14(19)21-4)22-13-8-12(18)16(2)15(20)17(13)3/h5-8H,1-4H3. The van der Waals surface area contributed by atoms with E-state index in [1.165, 1.54) is 31.8 Å². The molecule has 0 amide bonds. The highest BCUT2D eigenvalue weighted by molar-refractivity contribution is 5.92. The maximum atomic E-state index is 11.9. The lowest BCUT2D eigenvalue weighted by molar-refractivity contribution is 0.0597. The molecule has 7 nitrogen and oxygen atoms in total. The van der Waals surface area contributed by atoms with Crippen LogP contribution in [0.2, 0.25) is 0 Å². The van der Waals surface area contributed by atoms with Crippen LogP contribution in [0.1, 0.15) is 15.9 Å². The van der Waals surface area contributed by atoms with E-state index in [2.05, 4.69) is 0 Å². The third-order valence-electron chi connectivity index (χ3n) is 3.24. The number of carbonyl (C=O) groups excluding carboxylic acids is 1. The van der Waals surface area contributed by atoms with Crippen LogP contribution in [0.4, 0.5) is 0 Å². The van der Waals surface area contributed by atoms with Crippen LogP contribution in [0, 0.1) is 6.92 Å². The predicted octanol–water partition coefficient (Wildman–Crippen LogP) is 0.971. The van der Waals surface area contributed by atoms with Gasteiger partial charge in [-0.1, -0.05) is 11.6 Å². The molecule has 2 aromatic rings. The first-order valence-corrected chi connectivity index (χ1v) is 6.49. The van der Waals surface area contributed by atoms with Crippen molar-refractivity contribution < 1.29 is 14.3 Å². The first kappa shape index (κ1) is 15.6. The molecule has 0 unspecified atom stereocenters. The van der Waals surface area contributed by atoms with Crippen molar-refractivity contribution in [3.8, 4) is 11.6 Å². The number of esters is 1. The average molecular weight is 304 g/mol. The fourth-order valence-electron chi connectivity index (χ4n) is 1.93. The molecule has 1 aromatic carbocycles. The number of benzene rings is 1. The van der Waals surface area contributed by atoms with Gasteiger partial charge in [0.1, 0.15) is 11.3 Å². The van der Waals surface area contributed by atoms with Gasteiger partial charge in [-0.25, -0.2) is 9.59 Å². The number of nitrogens with zero attached hydrogens (tertiary/aromatic N) is 2. The summed E-state index contributed by atoms with van der Waals surface area (Å²) in [6.45, 7) is 1.82. The number of ether oxygens (including phenoxy) is 2. The van der Waals surface area contributed by atoms with Crippen LogP contribution in [-0.4, -0.2) is 22.2 Å². The molecule has 22 heavy (non-hydrogen) atoms. The van der Waals surface area contributed by atoms with Crippen LogP contribution in [0.25, 0.3) is 0 Å². The lowest BCUT2D eigenvalue weighted by atomic mass is 10.1. The second kappa shape index (κ2) is 5.88. The van der Waals surface area contributed by atoms with E-state index >= 15 is 0 Å². The number of methoxy groups -OCH3 is 1. The van der Waals surface area contributed by atoms with Crippen molar-refractivity contribution in [3.63, 3.8) is 0 Å². The van der Waals surface area contributed by atoms with Crippen LogP contribution >= 0.6 is 0 Å². The molecule has 1 heterocycles. The Labute approximate surface area is 126 Å². The van der Waals surface area contributed by atoms with Crippen LogP contribution in [-0.2, 0) is 18.8 Å². The zero-order valence-electron chi connectivity index (χ0n) is 12.7. The van der Waals surface area contributed by atoms with Crippen molar-refractivity contribution in [2.45, 2.75) is 6.92 Å². The maximum absolute atomic E-state index is 11.9. The van der Waals surface area contributed by atoms with Crippen molar-refractivity contribution >= 4 is 5.97 Å². The molecule has 7 heteroatoms. The van der Waals surface area contributed by atoms with E-state index < -0.39 is 17.2 Å². The molecular formula is C15H16N2O5. The Morgan fingerprint density at radius 2 is 1.77 bits per heavy atom. The van der Waals surface area contributed by atoms with Crippen molar-refractivity contribution in [3.05, 3.63) is 56.2 Å². The minimum absolute atomic E-state index is 0.0436. The van der Waals surface area contributed by atoms with E-state index in [1.54, 1.807) is 18.2 Å². The average Bonchev–Trinajstić information content (AvgIpc) is 2.51. The predicted molar refractivity (Wildman–Crippen MR) is 79.5 cm³/mol. The number of hydrogen-bond donors (Lipinski definition) is 0. The fourth-order valence-corrected chi connectivity index (χ4v) is 1.93. The molecule has 0 spiro atoms. The Balaban J connectivity index is 2.55. The first-order valence-electron chi connectivity index (χ1n) is 6.49. The summed E-state index contributed by atoms with van der Waals surface area (Å²) in [6, 6.07) is 6.13. The largest absolute Gasteiger partial charge is 0.465 e. The van der Waals surface area contributed by atoms with Gasteiger partial charge in [-0.15, -0.1) is 0 Å². The fraction of sp³-hybridized carbons (Fsp3) is 0.267. The Bertz CT molecular complexity index is 848. The zero-order chi connectivity index (χ0) is 16.4. The van der Waals surface area contributed by atoms with E-state index in [0.29, 0.717) is 0 Å². The minimum atomic E-state index is -0.562. The summed E-state index contributed by atoms with van der Waals surface area (Å²) in [7, 11) is 4.12. The number of aromatic nitrogens is 2. The molecule has 0 N–H and O–H groups in total. The van der Waals surface area contributed by atoms with E-state index in [1.807, 2.05) is 6.92 Å². The quantitative estimate of drug-likeness (QED) is 0.789. The van der Waals surface area contributed by atoms with Crippen LogP contribution in [0.3, 0.4) is 0 Å². The van der Waals surface area contributed by atoms with E-state index in [-0.39, 0.29) is 17.2 Å². The van der Waals surface area contributed by atoms with Gasteiger partial charge in [-0.05, 0) is 19.1 Å². The SMILES string of the molecule is COC(=O)c1cc(C)ccc1Oc1cc(=O)n(C)c(=O)n1C. The summed E-state index contributed by atoms with van der Waals surface area (Å²) in [4.78, 5) is 35.4. The van der Waals surface area contributed by atoms with Gasteiger partial charge in [0, 0.05) is 14.1 Å². The van der Waals surface area contributed by atoms with Gasteiger partial charge in [0.15, 0.2) is 0 Å². The molecule has 0 aliphatic heterocycles. The maximum Gasteiger partial charge on any atom is 0.341 e. The van der Waals surface area contributed by atoms with Crippen molar-refractivity contribution in [1.82, 2.24) is 9.13 Å². The Morgan fingerprint density at radius 3 is 2.41 bits per heavy atom. The van der Waals surface area contributed by atoms with Gasteiger partial charge < -0.3 is 9.47 Å². The Kier molecular flexibility index (Phi) is 4.16. The summed E-state index contributed by atoms with van der Waals surface area (Å²) in [5, 5.41) is 0. The Morgan fingerprint density at radius 1 is 1.09 bits per heavy atom. The van der Waals surface area contributed by atoms with Crippen LogP contribution in [0.5, 0.6) is 11.6 Å². The molecule has 0 fully saturated rings. The molecule has 0 bridgehead atoms. The topological polar surface area (TPSA) is 79.5 Å². The van der Waals surface area contributed by atoms with E-state index in [4.69, 9.17) is 9.47 Å². The number of rotatable bonds is 3. The molecule has 0 saturated heterocycles. The third-order valence-corrected chi connectivity index (χ3v) is 3.24. The molecule has 116 valence electrons. The second-order valence-electron chi connectivity index (χ2n) is 4.81. The summed E-state index contributed by atoms with van der Waals surface area (Å²) in [6.07, 6.45) is 0. The molecule has 1 aromatic heterocycles. The molecule has 0 radical (unpaired) electrons. The van der Waals surface area contributed by atoms with Gasteiger partial charge >= 0.3 is 11.7 Å². The second-order valence-corrected chi connectivity index (χ2v) is 4.81. The summed E-state index contributed by atoms with van der Waals surface area (Å²) in [5.41, 5.74) is 0.0558. The van der Waals surface area contributed by atoms with Gasteiger partial charge in [0.05, 0.1) is 13.2 Å². The summed E-state index contributed by atoms with van der Waals surface area (Å²) >= 11 is 0. The van der Waals surface area contributed by atoms with Crippen LogP contribution in [0.15, 0.2) is 33.9 Å². The molecule has 0 aliphatic rings.